The van der Waals surface area contributed by atoms with Gasteiger partial charge in [-0.2, -0.15) is 0 Å². The Morgan fingerprint density at radius 1 is 1.04 bits per heavy atom. The molecule has 1 amide bonds. The third-order valence-corrected chi connectivity index (χ3v) is 3.94. The maximum atomic E-state index is 13.4. The molecule has 0 bridgehead atoms. The quantitative estimate of drug-likeness (QED) is 0.528. The summed E-state index contributed by atoms with van der Waals surface area (Å²) in [4.78, 5) is 34.9. The van der Waals surface area contributed by atoms with Gasteiger partial charge < -0.3 is 14.8 Å². The van der Waals surface area contributed by atoms with Crippen molar-refractivity contribution < 1.29 is 28.2 Å². The molecule has 148 valence electrons. The highest BCUT2D eigenvalue weighted by atomic mass is 19.1. The van der Waals surface area contributed by atoms with Crippen molar-refractivity contribution in [1.82, 2.24) is 5.32 Å². The number of halogens is 1. The van der Waals surface area contributed by atoms with Gasteiger partial charge in [-0.05, 0) is 48.4 Å². The van der Waals surface area contributed by atoms with Gasteiger partial charge in [0, 0.05) is 18.5 Å². The van der Waals surface area contributed by atoms with Crippen LogP contribution in [0.25, 0.3) is 0 Å². The van der Waals surface area contributed by atoms with Gasteiger partial charge >= 0.3 is 5.97 Å². The van der Waals surface area contributed by atoms with E-state index in [-0.39, 0.29) is 24.8 Å². The first kappa shape index (κ1) is 21.1. The number of benzene rings is 2. The van der Waals surface area contributed by atoms with Crippen LogP contribution >= 0.6 is 0 Å². The number of nitrogens with one attached hydrogen (secondary N) is 1. The number of esters is 1. The van der Waals surface area contributed by atoms with E-state index in [1.54, 1.807) is 50.2 Å². The first-order chi connectivity index (χ1) is 13.4. The monoisotopic (exact) mass is 387 g/mol. The molecule has 0 radical (unpaired) electrons. The molecule has 0 aliphatic carbocycles. The lowest BCUT2D eigenvalue weighted by Gasteiger charge is -2.09. The van der Waals surface area contributed by atoms with Crippen molar-refractivity contribution in [2.75, 3.05) is 13.2 Å². The van der Waals surface area contributed by atoms with E-state index in [1.165, 1.54) is 6.07 Å². The molecule has 0 heterocycles. The van der Waals surface area contributed by atoms with E-state index >= 15 is 0 Å². The third-order valence-electron chi connectivity index (χ3n) is 3.94. The summed E-state index contributed by atoms with van der Waals surface area (Å²) in [5.41, 5.74) is 1.70. The summed E-state index contributed by atoms with van der Waals surface area (Å²) in [6, 6.07) is 11.1. The van der Waals surface area contributed by atoms with Crippen LogP contribution in [0.15, 0.2) is 42.5 Å². The van der Waals surface area contributed by atoms with Crippen LogP contribution in [0.1, 0.15) is 34.8 Å². The predicted molar refractivity (Wildman–Crippen MR) is 101 cm³/mol. The van der Waals surface area contributed by atoms with E-state index in [9.17, 15) is 18.8 Å². The van der Waals surface area contributed by atoms with Crippen molar-refractivity contribution >= 4 is 17.7 Å². The molecule has 0 spiro atoms. The number of ether oxygens (including phenoxy) is 2. The lowest BCUT2D eigenvalue weighted by Crippen LogP contribution is -2.29. The number of aryl methyl sites for hydroxylation is 1. The number of ketones is 1. The lowest BCUT2D eigenvalue weighted by atomic mass is 10.1. The van der Waals surface area contributed by atoms with Crippen LogP contribution in [0.2, 0.25) is 0 Å². The Balaban J connectivity index is 1.69. The highest BCUT2D eigenvalue weighted by Crippen LogP contribution is 2.13. The number of carbonyl (C=O) groups excluding carboxylic acids is 3. The average molecular weight is 387 g/mol. The fourth-order valence-electron chi connectivity index (χ4n) is 2.27. The summed E-state index contributed by atoms with van der Waals surface area (Å²) in [6.07, 6.45) is 0.410. The number of Topliss-reactive ketones (excluding diaryl/α,β-unsaturated/α-hetero) is 1. The summed E-state index contributed by atoms with van der Waals surface area (Å²) in [5, 5.41) is 2.54. The minimum absolute atomic E-state index is 0.0188. The second-order valence-electron chi connectivity index (χ2n) is 6.11. The summed E-state index contributed by atoms with van der Waals surface area (Å²) >= 11 is 0. The minimum atomic E-state index is -0.703. The standard InChI is InChI=1S/C21H22FNO5/c1-3-19(24)16-6-8-17(9-7-16)27-13-21(26)28-12-20(25)23-11-15-5-4-14(2)18(22)10-15/h4-10H,3,11-13H2,1-2H3,(H,23,25). The molecule has 0 atom stereocenters. The summed E-state index contributed by atoms with van der Waals surface area (Å²) < 4.78 is 23.5. The Morgan fingerprint density at radius 2 is 1.75 bits per heavy atom. The van der Waals surface area contributed by atoms with Gasteiger partial charge in [-0.1, -0.05) is 19.1 Å². The van der Waals surface area contributed by atoms with Gasteiger partial charge in [-0.3, -0.25) is 9.59 Å². The molecule has 0 aliphatic rings. The zero-order chi connectivity index (χ0) is 20.5. The van der Waals surface area contributed by atoms with Crippen molar-refractivity contribution in [3.63, 3.8) is 0 Å². The van der Waals surface area contributed by atoms with Crippen LogP contribution in [-0.2, 0) is 20.9 Å². The van der Waals surface area contributed by atoms with Crippen molar-refractivity contribution in [2.45, 2.75) is 26.8 Å². The Hall–Kier alpha value is -3.22. The normalized spacial score (nSPS) is 10.2. The fourth-order valence-corrected chi connectivity index (χ4v) is 2.27. The summed E-state index contributed by atoms with van der Waals surface area (Å²) in [5.74, 6) is -1.12. The average Bonchev–Trinajstić information content (AvgIpc) is 2.71. The number of hydrogen-bond acceptors (Lipinski definition) is 5. The molecule has 6 nitrogen and oxygen atoms in total. The smallest absolute Gasteiger partial charge is 0.344 e. The minimum Gasteiger partial charge on any atom is -0.482 e. The molecule has 28 heavy (non-hydrogen) atoms. The van der Waals surface area contributed by atoms with Crippen molar-refractivity contribution in [1.29, 1.82) is 0 Å². The molecule has 2 aromatic carbocycles. The van der Waals surface area contributed by atoms with Gasteiger partial charge in [0.1, 0.15) is 11.6 Å². The molecule has 0 aliphatic heterocycles. The highest BCUT2D eigenvalue weighted by molar-refractivity contribution is 5.95. The fraction of sp³-hybridized carbons (Fsp3) is 0.286. The number of carbonyl (C=O) groups is 3. The Kier molecular flexibility index (Phi) is 7.68. The number of amides is 1. The van der Waals surface area contributed by atoms with E-state index in [0.717, 1.165) is 0 Å². The maximum absolute atomic E-state index is 13.4. The van der Waals surface area contributed by atoms with Crippen LogP contribution in [0.4, 0.5) is 4.39 Å². The van der Waals surface area contributed by atoms with E-state index in [1.807, 2.05) is 0 Å². The second-order valence-corrected chi connectivity index (χ2v) is 6.11. The van der Waals surface area contributed by atoms with E-state index in [2.05, 4.69) is 5.32 Å². The Labute approximate surface area is 162 Å². The highest BCUT2D eigenvalue weighted by Gasteiger charge is 2.09. The zero-order valence-corrected chi connectivity index (χ0v) is 15.8. The molecule has 0 saturated heterocycles. The molecule has 2 aromatic rings. The molecule has 0 saturated carbocycles. The van der Waals surface area contributed by atoms with E-state index in [4.69, 9.17) is 9.47 Å². The van der Waals surface area contributed by atoms with Crippen LogP contribution < -0.4 is 10.1 Å². The van der Waals surface area contributed by atoms with Gasteiger partial charge in [0.25, 0.3) is 5.91 Å². The predicted octanol–water partition coefficient (Wildman–Crippen LogP) is 2.97. The molecular weight excluding hydrogens is 365 g/mol. The molecule has 0 aromatic heterocycles. The summed E-state index contributed by atoms with van der Waals surface area (Å²) in [6.45, 7) is 2.74. The number of rotatable bonds is 9. The van der Waals surface area contributed by atoms with Crippen LogP contribution in [-0.4, -0.2) is 30.9 Å². The van der Waals surface area contributed by atoms with Crippen LogP contribution in [0, 0.1) is 12.7 Å². The van der Waals surface area contributed by atoms with Gasteiger partial charge in [0.2, 0.25) is 0 Å². The zero-order valence-electron chi connectivity index (χ0n) is 15.8. The van der Waals surface area contributed by atoms with Crippen LogP contribution in [0.5, 0.6) is 5.75 Å². The molecule has 0 unspecified atom stereocenters. The second kappa shape index (κ2) is 10.2. The maximum Gasteiger partial charge on any atom is 0.344 e. The summed E-state index contributed by atoms with van der Waals surface area (Å²) in [7, 11) is 0. The van der Waals surface area contributed by atoms with Crippen molar-refractivity contribution in [3.05, 3.63) is 65.0 Å². The molecule has 2 rings (SSSR count). The van der Waals surface area contributed by atoms with Crippen molar-refractivity contribution in [3.8, 4) is 5.75 Å². The molecular formula is C21H22FNO5. The van der Waals surface area contributed by atoms with E-state index in [0.29, 0.717) is 28.9 Å². The topological polar surface area (TPSA) is 81.7 Å². The Bertz CT molecular complexity index is 848. The molecule has 7 heteroatoms. The lowest BCUT2D eigenvalue weighted by molar-refractivity contribution is -0.150. The molecule has 0 fully saturated rings. The first-order valence-corrected chi connectivity index (χ1v) is 8.82. The Morgan fingerprint density at radius 3 is 2.39 bits per heavy atom. The van der Waals surface area contributed by atoms with Gasteiger partial charge in [-0.15, -0.1) is 0 Å². The van der Waals surface area contributed by atoms with E-state index < -0.39 is 18.5 Å². The van der Waals surface area contributed by atoms with Gasteiger partial charge in [0.05, 0.1) is 0 Å². The molecule has 1 N–H and O–H groups in total. The first-order valence-electron chi connectivity index (χ1n) is 8.82. The SMILES string of the molecule is CCC(=O)c1ccc(OCC(=O)OCC(=O)NCc2ccc(C)c(F)c2)cc1. The van der Waals surface area contributed by atoms with Crippen LogP contribution in [0.3, 0.4) is 0 Å². The number of hydrogen-bond donors (Lipinski definition) is 1. The largest absolute Gasteiger partial charge is 0.482 e. The third kappa shape index (κ3) is 6.50. The van der Waals surface area contributed by atoms with Gasteiger partial charge in [0.15, 0.2) is 19.0 Å². The van der Waals surface area contributed by atoms with Crippen molar-refractivity contribution in [2.24, 2.45) is 0 Å². The van der Waals surface area contributed by atoms with Gasteiger partial charge in [-0.25, -0.2) is 9.18 Å².